The van der Waals surface area contributed by atoms with Crippen LogP contribution in [0.25, 0.3) is 10.8 Å². The van der Waals surface area contributed by atoms with Crippen LogP contribution in [-0.4, -0.2) is 33.0 Å². The molecule has 0 saturated heterocycles. The summed E-state index contributed by atoms with van der Waals surface area (Å²) in [6.45, 7) is 2.33. The van der Waals surface area contributed by atoms with E-state index in [9.17, 15) is 9.59 Å². The van der Waals surface area contributed by atoms with Gasteiger partial charge >= 0.3 is 0 Å². The van der Waals surface area contributed by atoms with Crippen molar-refractivity contribution in [3.8, 4) is 0 Å². The lowest BCUT2D eigenvalue weighted by atomic mass is 10.0. The van der Waals surface area contributed by atoms with Crippen LogP contribution in [-0.2, 0) is 24.2 Å². The molecule has 1 N–H and O–H groups in total. The number of amides is 1. The number of nitrogens with zero attached hydrogens (tertiary/aromatic N) is 3. The van der Waals surface area contributed by atoms with Crippen LogP contribution in [0.3, 0.4) is 0 Å². The summed E-state index contributed by atoms with van der Waals surface area (Å²) in [5, 5.41) is 8.95. The number of rotatable bonds is 4. The third-order valence-corrected chi connectivity index (χ3v) is 6.29. The number of fused-ring (bicyclic) bond motifs is 2. The van der Waals surface area contributed by atoms with E-state index < -0.39 is 5.92 Å². The van der Waals surface area contributed by atoms with Gasteiger partial charge in [-0.2, -0.15) is 5.10 Å². The van der Waals surface area contributed by atoms with Crippen LogP contribution in [0.15, 0.2) is 29.1 Å². The second kappa shape index (κ2) is 7.23. The van der Waals surface area contributed by atoms with Gasteiger partial charge in [0.15, 0.2) is 0 Å². The first-order valence-corrected chi connectivity index (χ1v) is 10.1. The Morgan fingerprint density at radius 2 is 2.00 bits per heavy atom. The Labute approximate surface area is 161 Å². The summed E-state index contributed by atoms with van der Waals surface area (Å²) in [5.74, 6) is -0.487. The van der Waals surface area contributed by atoms with E-state index in [1.165, 1.54) is 23.4 Å². The van der Waals surface area contributed by atoms with Gasteiger partial charge in [-0.15, -0.1) is 11.3 Å². The molecule has 140 valence electrons. The third-order valence-electron chi connectivity index (χ3n) is 5.14. The molecule has 0 radical (unpaired) electrons. The molecular formula is C20H22N4O2S. The highest BCUT2D eigenvalue weighted by Gasteiger charge is 2.25. The van der Waals surface area contributed by atoms with Crippen LogP contribution >= 0.6 is 11.3 Å². The average Bonchev–Trinajstić information content (AvgIpc) is 3.09. The third kappa shape index (κ3) is 3.39. The molecule has 1 aliphatic rings. The van der Waals surface area contributed by atoms with Gasteiger partial charge in [-0.25, -0.2) is 10.1 Å². The molecule has 1 aliphatic carbocycles. The summed E-state index contributed by atoms with van der Waals surface area (Å²) in [6, 6.07) is 7.25. The highest BCUT2D eigenvalue weighted by Crippen LogP contribution is 2.28. The number of hydrogen-bond donors (Lipinski definition) is 1. The van der Waals surface area contributed by atoms with E-state index in [0.29, 0.717) is 17.6 Å². The molecule has 0 fully saturated rings. The molecule has 6 nitrogen and oxygen atoms in total. The Balaban J connectivity index is 1.56. The quantitative estimate of drug-likeness (QED) is 0.752. The first-order valence-electron chi connectivity index (χ1n) is 9.24. The Morgan fingerprint density at radius 3 is 2.78 bits per heavy atom. The molecule has 2 heterocycles. The standard InChI is InChI=1S/C20H22N4O2S/c1-12(18-13-7-3-4-8-14(13)19(25)23-22-18)20(26)24(2)11-17-21-15-9-5-6-10-16(15)27-17/h3-4,7-8,12H,5-6,9-11H2,1-2H3,(H,23,25). The van der Waals surface area contributed by atoms with Gasteiger partial charge in [0, 0.05) is 17.3 Å². The number of nitrogens with one attached hydrogen (secondary N) is 1. The normalized spacial score (nSPS) is 14.7. The van der Waals surface area contributed by atoms with Crippen molar-refractivity contribution in [3.63, 3.8) is 0 Å². The van der Waals surface area contributed by atoms with E-state index in [1.807, 2.05) is 25.1 Å². The Morgan fingerprint density at radius 1 is 1.26 bits per heavy atom. The first-order chi connectivity index (χ1) is 13.0. The van der Waals surface area contributed by atoms with E-state index in [1.54, 1.807) is 29.4 Å². The molecule has 1 unspecified atom stereocenters. The lowest BCUT2D eigenvalue weighted by Gasteiger charge is -2.20. The lowest BCUT2D eigenvalue weighted by molar-refractivity contribution is -0.131. The number of likely N-dealkylation sites (N-methyl/N-ethyl adjacent to an activating group) is 1. The van der Waals surface area contributed by atoms with Crippen molar-refractivity contribution in [3.05, 3.63) is 55.9 Å². The van der Waals surface area contributed by atoms with Gasteiger partial charge in [-0.3, -0.25) is 9.59 Å². The molecule has 1 amide bonds. The number of thiazole rings is 1. The van der Waals surface area contributed by atoms with Crippen molar-refractivity contribution < 1.29 is 4.79 Å². The second-order valence-corrected chi connectivity index (χ2v) is 8.25. The molecule has 0 bridgehead atoms. The van der Waals surface area contributed by atoms with Gasteiger partial charge in [0.1, 0.15) is 5.01 Å². The maximum atomic E-state index is 13.0. The van der Waals surface area contributed by atoms with E-state index in [-0.39, 0.29) is 11.5 Å². The molecule has 7 heteroatoms. The monoisotopic (exact) mass is 382 g/mol. The second-order valence-electron chi connectivity index (χ2n) is 7.08. The minimum absolute atomic E-state index is 0.0344. The number of H-pyrrole nitrogens is 1. The predicted molar refractivity (Wildman–Crippen MR) is 106 cm³/mol. The number of carbonyl (C=O) groups excluding carboxylic acids is 1. The van der Waals surface area contributed by atoms with Gasteiger partial charge in [0.25, 0.3) is 5.56 Å². The van der Waals surface area contributed by atoms with Crippen LogP contribution in [0, 0.1) is 0 Å². The number of aromatic amines is 1. The fourth-order valence-corrected chi connectivity index (χ4v) is 4.88. The number of aryl methyl sites for hydroxylation is 2. The zero-order valence-corrected chi connectivity index (χ0v) is 16.3. The highest BCUT2D eigenvalue weighted by molar-refractivity contribution is 7.11. The van der Waals surface area contributed by atoms with E-state index >= 15 is 0 Å². The SMILES string of the molecule is CC(C(=O)N(C)Cc1nc2c(s1)CCCC2)c1n[nH]c(=O)c2ccccc12. The largest absolute Gasteiger partial charge is 0.338 e. The maximum absolute atomic E-state index is 13.0. The van der Waals surface area contributed by atoms with Crippen molar-refractivity contribution in [1.82, 2.24) is 20.1 Å². The van der Waals surface area contributed by atoms with Crippen molar-refractivity contribution >= 4 is 28.0 Å². The maximum Gasteiger partial charge on any atom is 0.272 e. The van der Waals surface area contributed by atoms with Gasteiger partial charge in [0.05, 0.1) is 29.2 Å². The summed E-state index contributed by atoms with van der Waals surface area (Å²) in [5.41, 5.74) is 1.57. The summed E-state index contributed by atoms with van der Waals surface area (Å²) >= 11 is 1.72. The first kappa shape index (κ1) is 17.9. The Kier molecular flexibility index (Phi) is 4.78. The van der Waals surface area contributed by atoms with Crippen molar-refractivity contribution in [1.29, 1.82) is 0 Å². The topological polar surface area (TPSA) is 79.0 Å². The molecule has 4 rings (SSSR count). The molecule has 1 aromatic carbocycles. The zero-order chi connectivity index (χ0) is 19.0. The molecule has 27 heavy (non-hydrogen) atoms. The Hall–Kier alpha value is -2.54. The van der Waals surface area contributed by atoms with Crippen molar-refractivity contribution in [2.45, 2.75) is 45.1 Å². The van der Waals surface area contributed by atoms with E-state index in [4.69, 9.17) is 4.98 Å². The molecule has 0 saturated carbocycles. The number of benzene rings is 1. The fraction of sp³-hybridized carbons (Fsp3) is 0.400. The summed E-state index contributed by atoms with van der Waals surface area (Å²) in [6.07, 6.45) is 4.58. The van der Waals surface area contributed by atoms with Crippen molar-refractivity contribution in [2.75, 3.05) is 7.05 Å². The number of aromatic nitrogens is 3. The number of carbonyl (C=O) groups is 1. The molecule has 0 spiro atoms. The summed E-state index contributed by atoms with van der Waals surface area (Å²) in [4.78, 5) is 32.8. The molecular weight excluding hydrogens is 360 g/mol. The Bertz CT molecular complexity index is 1030. The summed E-state index contributed by atoms with van der Waals surface area (Å²) in [7, 11) is 1.80. The van der Waals surface area contributed by atoms with Crippen LogP contribution in [0.1, 0.15) is 47.0 Å². The molecule has 2 aromatic heterocycles. The lowest BCUT2D eigenvalue weighted by Crippen LogP contribution is -2.31. The predicted octanol–water partition coefficient (Wildman–Crippen LogP) is 3.02. The highest BCUT2D eigenvalue weighted by atomic mass is 32.1. The molecule has 1 atom stereocenters. The van der Waals surface area contributed by atoms with E-state index in [2.05, 4.69) is 10.2 Å². The van der Waals surface area contributed by atoms with Gasteiger partial charge in [-0.1, -0.05) is 18.2 Å². The van der Waals surface area contributed by atoms with Crippen LogP contribution < -0.4 is 5.56 Å². The average molecular weight is 382 g/mol. The van der Waals surface area contributed by atoms with E-state index in [0.717, 1.165) is 23.2 Å². The molecule has 0 aliphatic heterocycles. The van der Waals surface area contributed by atoms with Crippen LogP contribution in [0.4, 0.5) is 0 Å². The smallest absolute Gasteiger partial charge is 0.272 e. The minimum Gasteiger partial charge on any atom is -0.338 e. The van der Waals surface area contributed by atoms with Crippen LogP contribution in [0.2, 0.25) is 0 Å². The minimum atomic E-state index is -0.452. The van der Waals surface area contributed by atoms with Gasteiger partial charge in [0.2, 0.25) is 5.91 Å². The van der Waals surface area contributed by atoms with Gasteiger partial charge < -0.3 is 4.90 Å². The van der Waals surface area contributed by atoms with Gasteiger partial charge in [-0.05, 0) is 38.7 Å². The zero-order valence-electron chi connectivity index (χ0n) is 15.5. The fourth-order valence-electron chi connectivity index (χ4n) is 3.67. The van der Waals surface area contributed by atoms with Crippen molar-refractivity contribution in [2.24, 2.45) is 0 Å². The molecule has 3 aromatic rings. The van der Waals surface area contributed by atoms with Crippen LogP contribution in [0.5, 0.6) is 0 Å². The summed E-state index contributed by atoms with van der Waals surface area (Å²) < 4.78 is 0. The number of hydrogen-bond acceptors (Lipinski definition) is 5.